The maximum absolute atomic E-state index is 11.6. The third kappa shape index (κ3) is 3.75. The molecule has 0 fully saturated rings. The van der Waals surface area contributed by atoms with Crippen molar-refractivity contribution >= 4 is 11.7 Å². The molecule has 0 heterocycles. The average Bonchev–Trinajstić information content (AvgIpc) is 2.48. The lowest BCUT2D eigenvalue weighted by atomic mass is 10.1. The molecule has 0 bridgehead atoms. The number of para-hydroxylation sites is 1. The van der Waals surface area contributed by atoms with E-state index in [9.17, 15) is 9.90 Å². The number of esters is 1. The number of hydrogen-bond donors (Lipinski definition) is 2. The molecule has 0 saturated carbocycles. The molecule has 110 valence electrons. The third-order valence-corrected chi connectivity index (χ3v) is 3.18. The van der Waals surface area contributed by atoms with Crippen molar-refractivity contribution in [1.29, 1.82) is 0 Å². The Morgan fingerprint density at radius 2 is 1.86 bits per heavy atom. The molecule has 0 saturated heterocycles. The van der Waals surface area contributed by atoms with Crippen LogP contribution in [0.25, 0.3) is 0 Å². The van der Waals surface area contributed by atoms with Crippen LogP contribution in [0.5, 0.6) is 5.75 Å². The Morgan fingerprint density at radius 1 is 1.19 bits per heavy atom. The predicted molar refractivity (Wildman–Crippen MR) is 82.5 cm³/mol. The van der Waals surface area contributed by atoms with Gasteiger partial charge in [-0.15, -0.1) is 0 Å². The Balaban J connectivity index is 2.07. The molecule has 2 aromatic carbocycles. The summed E-state index contributed by atoms with van der Waals surface area (Å²) in [5.41, 5.74) is 2.23. The van der Waals surface area contributed by atoms with E-state index in [1.165, 1.54) is 0 Å². The van der Waals surface area contributed by atoms with E-state index in [0.717, 1.165) is 11.3 Å². The van der Waals surface area contributed by atoms with Gasteiger partial charge in [-0.1, -0.05) is 18.2 Å². The molecule has 2 rings (SSSR count). The molecule has 21 heavy (non-hydrogen) atoms. The van der Waals surface area contributed by atoms with E-state index in [-0.39, 0.29) is 17.8 Å². The van der Waals surface area contributed by atoms with Crippen molar-refractivity contribution in [2.45, 2.75) is 19.9 Å². The molecule has 0 aliphatic carbocycles. The number of phenolic OH excluding ortho intramolecular Hbond substituents is 1. The van der Waals surface area contributed by atoms with Gasteiger partial charge in [0.05, 0.1) is 18.2 Å². The van der Waals surface area contributed by atoms with Gasteiger partial charge in [0, 0.05) is 11.3 Å². The number of anilines is 1. The molecule has 0 aliphatic rings. The molecule has 0 amide bonds. The fourth-order valence-corrected chi connectivity index (χ4v) is 2.10. The van der Waals surface area contributed by atoms with Crippen molar-refractivity contribution in [3.63, 3.8) is 0 Å². The highest BCUT2D eigenvalue weighted by molar-refractivity contribution is 5.89. The van der Waals surface area contributed by atoms with Gasteiger partial charge in [-0.05, 0) is 44.2 Å². The fourth-order valence-electron chi connectivity index (χ4n) is 2.10. The molecule has 0 aliphatic heterocycles. The SMILES string of the molecule is CCOC(=O)c1ccc(NC(C)c2ccccc2O)cc1. The minimum absolute atomic E-state index is 0.0420. The lowest BCUT2D eigenvalue weighted by molar-refractivity contribution is 0.0526. The van der Waals surface area contributed by atoms with Gasteiger partial charge in [0.15, 0.2) is 0 Å². The van der Waals surface area contributed by atoms with Crippen molar-refractivity contribution in [1.82, 2.24) is 0 Å². The topological polar surface area (TPSA) is 58.6 Å². The van der Waals surface area contributed by atoms with Gasteiger partial charge in [0.2, 0.25) is 0 Å². The first-order valence-corrected chi connectivity index (χ1v) is 6.93. The number of nitrogens with one attached hydrogen (secondary N) is 1. The second kappa shape index (κ2) is 6.79. The van der Waals surface area contributed by atoms with Crippen LogP contribution in [0.2, 0.25) is 0 Å². The molecule has 4 nitrogen and oxygen atoms in total. The minimum Gasteiger partial charge on any atom is -0.508 e. The summed E-state index contributed by atoms with van der Waals surface area (Å²) in [5.74, 6) is -0.0570. The molecule has 2 aromatic rings. The van der Waals surface area contributed by atoms with Gasteiger partial charge < -0.3 is 15.2 Å². The highest BCUT2D eigenvalue weighted by Gasteiger charge is 2.10. The molecule has 0 radical (unpaired) electrons. The molecule has 1 unspecified atom stereocenters. The zero-order valence-electron chi connectivity index (χ0n) is 12.2. The number of benzene rings is 2. The van der Waals surface area contributed by atoms with Crippen LogP contribution in [-0.4, -0.2) is 17.7 Å². The van der Waals surface area contributed by atoms with Crippen LogP contribution in [0.4, 0.5) is 5.69 Å². The van der Waals surface area contributed by atoms with Crippen molar-refractivity contribution in [3.05, 3.63) is 59.7 Å². The van der Waals surface area contributed by atoms with E-state index in [0.29, 0.717) is 12.2 Å². The number of phenols is 1. The van der Waals surface area contributed by atoms with Crippen LogP contribution in [-0.2, 0) is 4.74 Å². The van der Waals surface area contributed by atoms with E-state index < -0.39 is 0 Å². The van der Waals surface area contributed by atoms with Crippen molar-refractivity contribution in [2.24, 2.45) is 0 Å². The van der Waals surface area contributed by atoms with Crippen LogP contribution in [0.15, 0.2) is 48.5 Å². The van der Waals surface area contributed by atoms with Gasteiger partial charge in [-0.3, -0.25) is 0 Å². The van der Waals surface area contributed by atoms with E-state index in [1.54, 1.807) is 31.2 Å². The van der Waals surface area contributed by atoms with Crippen molar-refractivity contribution in [2.75, 3.05) is 11.9 Å². The average molecular weight is 285 g/mol. The summed E-state index contributed by atoms with van der Waals surface area (Å²) in [6, 6.07) is 14.3. The Hall–Kier alpha value is -2.49. The number of rotatable bonds is 5. The molecule has 0 aromatic heterocycles. The Labute approximate surface area is 124 Å². The zero-order chi connectivity index (χ0) is 15.2. The largest absolute Gasteiger partial charge is 0.508 e. The molecule has 0 spiro atoms. The third-order valence-electron chi connectivity index (χ3n) is 3.18. The Bertz CT molecular complexity index is 608. The van der Waals surface area contributed by atoms with Gasteiger partial charge in [-0.2, -0.15) is 0 Å². The molecule has 2 N–H and O–H groups in total. The quantitative estimate of drug-likeness (QED) is 0.822. The normalized spacial score (nSPS) is 11.7. The van der Waals surface area contributed by atoms with Crippen molar-refractivity contribution < 1.29 is 14.6 Å². The number of carbonyl (C=O) groups excluding carboxylic acids is 1. The number of aromatic hydroxyl groups is 1. The van der Waals surface area contributed by atoms with E-state index in [1.807, 2.05) is 31.2 Å². The minimum atomic E-state index is -0.321. The summed E-state index contributed by atoms with van der Waals surface area (Å²) in [5, 5.41) is 13.1. The first-order chi connectivity index (χ1) is 10.1. The summed E-state index contributed by atoms with van der Waals surface area (Å²) in [7, 11) is 0. The van der Waals surface area contributed by atoms with E-state index in [2.05, 4.69) is 5.32 Å². The maximum atomic E-state index is 11.6. The molecule has 4 heteroatoms. The summed E-state index contributed by atoms with van der Waals surface area (Å²) in [6.45, 7) is 4.11. The van der Waals surface area contributed by atoms with Gasteiger partial charge in [0.25, 0.3) is 0 Å². The van der Waals surface area contributed by atoms with Crippen LogP contribution in [0, 0.1) is 0 Å². The first-order valence-electron chi connectivity index (χ1n) is 6.93. The summed E-state index contributed by atoms with van der Waals surface area (Å²) in [6.07, 6.45) is 0. The number of ether oxygens (including phenoxy) is 1. The van der Waals surface area contributed by atoms with Crippen LogP contribution >= 0.6 is 0 Å². The molecule has 1 atom stereocenters. The second-order valence-electron chi connectivity index (χ2n) is 4.72. The standard InChI is InChI=1S/C17H19NO3/c1-3-21-17(20)13-8-10-14(11-9-13)18-12(2)15-6-4-5-7-16(15)19/h4-12,18-19H,3H2,1-2H3. The predicted octanol–water partition coefficient (Wildman–Crippen LogP) is 3.74. The summed E-state index contributed by atoms with van der Waals surface area (Å²) in [4.78, 5) is 11.6. The fraction of sp³-hybridized carbons (Fsp3) is 0.235. The lowest BCUT2D eigenvalue weighted by Gasteiger charge is -2.17. The van der Waals surface area contributed by atoms with Gasteiger partial charge >= 0.3 is 5.97 Å². The smallest absolute Gasteiger partial charge is 0.338 e. The highest BCUT2D eigenvalue weighted by Crippen LogP contribution is 2.26. The van der Waals surface area contributed by atoms with E-state index >= 15 is 0 Å². The monoisotopic (exact) mass is 285 g/mol. The van der Waals surface area contributed by atoms with Crippen molar-refractivity contribution in [3.8, 4) is 5.75 Å². The summed E-state index contributed by atoms with van der Waals surface area (Å²) >= 11 is 0. The maximum Gasteiger partial charge on any atom is 0.338 e. The van der Waals surface area contributed by atoms with Crippen LogP contribution < -0.4 is 5.32 Å². The Kier molecular flexibility index (Phi) is 4.82. The first kappa shape index (κ1) is 14.9. The lowest BCUT2D eigenvalue weighted by Crippen LogP contribution is -2.08. The van der Waals surface area contributed by atoms with Crippen LogP contribution in [0.3, 0.4) is 0 Å². The van der Waals surface area contributed by atoms with E-state index in [4.69, 9.17) is 4.74 Å². The molecular formula is C17H19NO3. The van der Waals surface area contributed by atoms with Gasteiger partial charge in [0.1, 0.15) is 5.75 Å². The second-order valence-corrected chi connectivity index (χ2v) is 4.72. The number of carbonyl (C=O) groups is 1. The number of hydrogen-bond acceptors (Lipinski definition) is 4. The van der Waals surface area contributed by atoms with Gasteiger partial charge in [-0.25, -0.2) is 4.79 Å². The Morgan fingerprint density at radius 3 is 2.48 bits per heavy atom. The molecular weight excluding hydrogens is 266 g/mol. The summed E-state index contributed by atoms with van der Waals surface area (Å²) < 4.78 is 4.94. The zero-order valence-corrected chi connectivity index (χ0v) is 12.2. The highest BCUT2D eigenvalue weighted by atomic mass is 16.5. The van der Waals surface area contributed by atoms with Crippen LogP contribution in [0.1, 0.15) is 35.8 Å².